The number of aromatic carboxylic acids is 1. The van der Waals surface area contributed by atoms with Gasteiger partial charge in [0.05, 0.1) is 12.7 Å². The van der Waals surface area contributed by atoms with E-state index >= 15 is 0 Å². The van der Waals surface area contributed by atoms with Crippen molar-refractivity contribution in [3.63, 3.8) is 0 Å². The molecule has 0 aliphatic heterocycles. The van der Waals surface area contributed by atoms with E-state index in [1.54, 1.807) is 19.2 Å². The zero-order chi connectivity index (χ0) is 16.9. The molecule has 4 heteroatoms. The molecule has 0 amide bonds. The van der Waals surface area contributed by atoms with Gasteiger partial charge in [0.25, 0.3) is 0 Å². The Morgan fingerprint density at radius 3 is 2.04 bits per heavy atom. The summed E-state index contributed by atoms with van der Waals surface area (Å²) in [4.78, 5) is 13.0. The van der Waals surface area contributed by atoms with Gasteiger partial charge in [0.15, 0.2) is 0 Å². The molecule has 0 aliphatic rings. The molecule has 0 saturated carbocycles. The molecule has 24 heavy (non-hydrogen) atoms. The number of hydrogen-bond donors (Lipinski definition) is 1. The molecule has 0 saturated heterocycles. The van der Waals surface area contributed by atoms with E-state index in [-0.39, 0.29) is 0 Å². The van der Waals surface area contributed by atoms with Crippen LogP contribution < -0.4 is 4.74 Å². The predicted molar refractivity (Wildman–Crippen MR) is 96.0 cm³/mol. The average molecular weight is 336 g/mol. The first-order chi connectivity index (χ1) is 11.7. The highest BCUT2D eigenvalue weighted by Gasteiger charge is 2.10. The number of carboxylic acids is 1. The summed E-state index contributed by atoms with van der Waals surface area (Å²) in [7, 11) is 1.65. The number of ether oxygens (including phenoxy) is 1. The van der Waals surface area contributed by atoms with E-state index in [1.165, 1.54) is 11.8 Å². The van der Waals surface area contributed by atoms with Gasteiger partial charge in [-0.05, 0) is 47.5 Å². The van der Waals surface area contributed by atoms with Crippen LogP contribution in [0.15, 0.2) is 82.6 Å². The van der Waals surface area contributed by atoms with Crippen LogP contribution in [0.3, 0.4) is 0 Å². The zero-order valence-corrected chi connectivity index (χ0v) is 13.9. The van der Waals surface area contributed by atoms with E-state index < -0.39 is 5.97 Å². The highest BCUT2D eigenvalue weighted by molar-refractivity contribution is 7.99. The molecule has 0 heterocycles. The lowest BCUT2D eigenvalue weighted by molar-refractivity contribution is 0.0693. The summed E-state index contributed by atoms with van der Waals surface area (Å²) in [5.74, 6) is -0.0795. The second kappa shape index (κ2) is 7.23. The smallest absolute Gasteiger partial charge is 0.336 e. The molecule has 0 atom stereocenters. The minimum Gasteiger partial charge on any atom is -0.497 e. The van der Waals surface area contributed by atoms with E-state index in [0.717, 1.165) is 26.7 Å². The summed E-state index contributed by atoms with van der Waals surface area (Å²) in [6.45, 7) is 0. The molecule has 0 fully saturated rings. The minimum absolute atomic E-state index is 0.321. The van der Waals surface area contributed by atoms with Crippen molar-refractivity contribution >= 4 is 17.7 Å². The lowest BCUT2D eigenvalue weighted by Gasteiger charge is -2.07. The second-order valence-corrected chi connectivity index (χ2v) is 6.27. The maximum absolute atomic E-state index is 11.3. The van der Waals surface area contributed by atoms with Crippen molar-refractivity contribution < 1.29 is 14.6 Å². The zero-order valence-electron chi connectivity index (χ0n) is 13.1. The molecule has 0 aromatic heterocycles. The fraction of sp³-hybridized carbons (Fsp3) is 0.0500. The third-order valence-electron chi connectivity index (χ3n) is 3.62. The molecular weight excluding hydrogens is 320 g/mol. The SMILES string of the molecule is COc1ccc(-c2ccc(Sc3ccccc3C(=O)O)cc2)cc1. The van der Waals surface area contributed by atoms with Crippen molar-refractivity contribution in [2.45, 2.75) is 9.79 Å². The molecule has 3 aromatic carbocycles. The molecule has 1 N–H and O–H groups in total. The Morgan fingerprint density at radius 2 is 1.46 bits per heavy atom. The van der Waals surface area contributed by atoms with Gasteiger partial charge in [0.1, 0.15) is 5.75 Å². The lowest BCUT2D eigenvalue weighted by Crippen LogP contribution is -1.97. The van der Waals surface area contributed by atoms with E-state index in [0.29, 0.717) is 5.56 Å². The van der Waals surface area contributed by atoms with Gasteiger partial charge in [-0.3, -0.25) is 0 Å². The van der Waals surface area contributed by atoms with Crippen LogP contribution in [0.5, 0.6) is 5.75 Å². The minimum atomic E-state index is -0.909. The first-order valence-electron chi connectivity index (χ1n) is 7.42. The number of rotatable bonds is 5. The maximum Gasteiger partial charge on any atom is 0.336 e. The van der Waals surface area contributed by atoms with Crippen molar-refractivity contribution in [1.29, 1.82) is 0 Å². The topological polar surface area (TPSA) is 46.5 Å². The normalized spacial score (nSPS) is 10.4. The van der Waals surface area contributed by atoms with Crippen LogP contribution in [-0.4, -0.2) is 18.2 Å². The van der Waals surface area contributed by atoms with Crippen molar-refractivity contribution in [3.05, 3.63) is 78.4 Å². The van der Waals surface area contributed by atoms with Gasteiger partial charge >= 0.3 is 5.97 Å². The first-order valence-corrected chi connectivity index (χ1v) is 8.23. The van der Waals surface area contributed by atoms with Gasteiger partial charge < -0.3 is 9.84 Å². The molecule has 0 bridgehead atoms. The Hall–Kier alpha value is -2.72. The Balaban J connectivity index is 1.81. The molecule has 3 nitrogen and oxygen atoms in total. The highest BCUT2D eigenvalue weighted by atomic mass is 32.2. The Kier molecular flexibility index (Phi) is 4.87. The second-order valence-electron chi connectivity index (χ2n) is 5.16. The molecule has 0 unspecified atom stereocenters. The first kappa shape index (κ1) is 16.1. The molecule has 3 aromatic rings. The summed E-state index contributed by atoms with van der Waals surface area (Å²) >= 11 is 1.45. The van der Waals surface area contributed by atoms with Gasteiger partial charge in [0.2, 0.25) is 0 Å². The lowest BCUT2D eigenvalue weighted by atomic mass is 10.1. The number of methoxy groups -OCH3 is 1. The molecule has 0 spiro atoms. The molecule has 120 valence electrons. The van der Waals surface area contributed by atoms with E-state index in [2.05, 4.69) is 0 Å². The van der Waals surface area contributed by atoms with Gasteiger partial charge in [-0.25, -0.2) is 4.79 Å². The van der Waals surface area contributed by atoms with Gasteiger partial charge in [-0.15, -0.1) is 0 Å². The molecule has 3 rings (SSSR count). The quantitative estimate of drug-likeness (QED) is 0.694. The molecule has 0 aliphatic carbocycles. The van der Waals surface area contributed by atoms with E-state index in [9.17, 15) is 9.90 Å². The summed E-state index contributed by atoms with van der Waals surface area (Å²) in [6, 6.07) is 23.0. The molecule has 0 radical (unpaired) electrons. The van der Waals surface area contributed by atoms with Crippen LogP contribution in [0.1, 0.15) is 10.4 Å². The summed E-state index contributed by atoms with van der Waals surface area (Å²) in [5, 5.41) is 9.26. The van der Waals surface area contributed by atoms with Gasteiger partial charge in [-0.2, -0.15) is 0 Å². The van der Waals surface area contributed by atoms with Crippen LogP contribution in [0.2, 0.25) is 0 Å². The Bertz CT molecular complexity index is 840. The third-order valence-corrected chi connectivity index (χ3v) is 4.71. The van der Waals surface area contributed by atoms with Gasteiger partial charge in [0, 0.05) is 9.79 Å². The summed E-state index contributed by atoms with van der Waals surface area (Å²) < 4.78 is 5.17. The fourth-order valence-electron chi connectivity index (χ4n) is 2.36. The highest BCUT2D eigenvalue weighted by Crippen LogP contribution is 2.32. The monoisotopic (exact) mass is 336 g/mol. The Morgan fingerprint density at radius 1 is 0.875 bits per heavy atom. The van der Waals surface area contributed by atoms with Crippen LogP contribution in [-0.2, 0) is 0 Å². The van der Waals surface area contributed by atoms with E-state index in [1.807, 2.05) is 60.7 Å². The van der Waals surface area contributed by atoms with Crippen molar-refractivity contribution in [1.82, 2.24) is 0 Å². The standard InChI is InChI=1S/C20H16O3S/c1-23-16-10-6-14(7-11-16)15-8-12-17(13-9-15)24-19-5-3-2-4-18(19)20(21)22/h2-13H,1H3,(H,21,22). The fourth-order valence-corrected chi connectivity index (χ4v) is 3.30. The number of benzene rings is 3. The van der Waals surface area contributed by atoms with Crippen LogP contribution in [0.4, 0.5) is 0 Å². The molecular formula is C20H16O3S. The van der Waals surface area contributed by atoms with Crippen molar-refractivity contribution in [3.8, 4) is 16.9 Å². The van der Waals surface area contributed by atoms with E-state index in [4.69, 9.17) is 4.74 Å². The number of hydrogen-bond acceptors (Lipinski definition) is 3. The van der Waals surface area contributed by atoms with Gasteiger partial charge in [-0.1, -0.05) is 48.2 Å². The predicted octanol–water partition coefficient (Wildman–Crippen LogP) is 5.21. The van der Waals surface area contributed by atoms with Crippen LogP contribution in [0.25, 0.3) is 11.1 Å². The third kappa shape index (κ3) is 3.60. The van der Waals surface area contributed by atoms with Crippen LogP contribution >= 0.6 is 11.8 Å². The van der Waals surface area contributed by atoms with Crippen molar-refractivity contribution in [2.75, 3.05) is 7.11 Å². The largest absolute Gasteiger partial charge is 0.497 e. The number of carbonyl (C=O) groups is 1. The number of carboxylic acid groups (broad SMARTS) is 1. The van der Waals surface area contributed by atoms with Crippen LogP contribution in [0, 0.1) is 0 Å². The van der Waals surface area contributed by atoms with Crippen molar-refractivity contribution in [2.24, 2.45) is 0 Å². The summed E-state index contributed by atoms with van der Waals surface area (Å²) in [6.07, 6.45) is 0. The summed E-state index contributed by atoms with van der Waals surface area (Å²) in [5.41, 5.74) is 2.54. The average Bonchev–Trinajstić information content (AvgIpc) is 2.63. The Labute approximate surface area is 144 Å². The maximum atomic E-state index is 11.3.